The quantitative estimate of drug-likeness (QED) is 0.179. The number of likely N-dealkylation sites (tertiary alicyclic amines) is 1. The highest BCUT2D eigenvalue weighted by Crippen LogP contribution is 2.77. The maximum Gasteiger partial charge on any atom is 0.309 e. The van der Waals surface area contributed by atoms with Crippen LogP contribution in [0.1, 0.15) is 171 Å². The van der Waals surface area contributed by atoms with Crippen molar-refractivity contribution in [3.63, 3.8) is 0 Å². The van der Waals surface area contributed by atoms with Gasteiger partial charge in [0.2, 0.25) is 5.91 Å². The fourth-order valence-electron chi connectivity index (χ4n) is 15.8. The number of rotatable bonds is 9. The number of carboxylic acid groups (broad SMARTS) is 1. The number of carbonyl (C=O) groups excluding carboxylic acids is 2. The lowest BCUT2D eigenvalue weighted by molar-refractivity contribution is -0.249. The maximum atomic E-state index is 14.9. The summed E-state index contributed by atoms with van der Waals surface area (Å²) in [7, 11) is 0. The molecule has 1 aliphatic heterocycles. The number of hydrogen-bond acceptors (Lipinski definition) is 5. The Morgan fingerprint density at radius 2 is 1.60 bits per heavy atom. The first-order valence-corrected chi connectivity index (χ1v) is 22.8. The van der Waals surface area contributed by atoms with Gasteiger partial charge in [-0.15, -0.1) is 0 Å². The minimum absolute atomic E-state index is 0.109. The molecule has 0 aromatic rings. The smallest absolute Gasteiger partial charge is 0.309 e. The standard InChI is InChI=1S/C48H78N2O5/c1-30(2)34-18-23-48(41(52)49-33-15-14-32(27-33)29-50-26-12-11-13-31(50)3)25-24-46(9)35(40(34)48)16-17-37-45(8)21-20-38(55-39(51)28-43(4,5)42(53)54)44(6,7)36(45)19-22-47(37,46)10/h31-38,40H,1,11-29H2,2-10H3,(H,49,52)(H,53,54)/t31?,32-,33+,34-,35+,36-,37+,38?,40+,45-,46+,47+,48-/m0/s1. The van der Waals surface area contributed by atoms with Gasteiger partial charge >= 0.3 is 11.9 Å². The van der Waals surface area contributed by atoms with E-state index in [0.717, 1.165) is 57.8 Å². The van der Waals surface area contributed by atoms with Gasteiger partial charge in [-0.1, -0.05) is 53.2 Å². The summed E-state index contributed by atoms with van der Waals surface area (Å²) in [5, 5.41) is 13.4. The van der Waals surface area contributed by atoms with Gasteiger partial charge in [0.1, 0.15) is 6.10 Å². The number of amides is 1. The molecule has 7 nitrogen and oxygen atoms in total. The normalized spacial score (nSPS) is 45.4. The van der Waals surface area contributed by atoms with Crippen molar-refractivity contribution in [2.75, 3.05) is 13.1 Å². The van der Waals surface area contributed by atoms with E-state index in [9.17, 15) is 19.5 Å². The van der Waals surface area contributed by atoms with Gasteiger partial charge < -0.3 is 20.1 Å². The van der Waals surface area contributed by atoms with Crippen molar-refractivity contribution in [3.05, 3.63) is 12.2 Å². The summed E-state index contributed by atoms with van der Waals surface area (Å²) in [6, 6.07) is 1.01. The van der Waals surface area contributed by atoms with E-state index in [-0.39, 0.29) is 45.6 Å². The minimum atomic E-state index is -1.14. The molecule has 1 saturated heterocycles. The second-order valence-corrected chi connectivity index (χ2v) is 22.7. The summed E-state index contributed by atoms with van der Waals surface area (Å²) in [4.78, 5) is 42.6. The summed E-state index contributed by atoms with van der Waals surface area (Å²) in [6.45, 7) is 27.4. The molecule has 1 amide bonds. The van der Waals surface area contributed by atoms with E-state index >= 15 is 0 Å². The molecule has 55 heavy (non-hydrogen) atoms. The predicted octanol–water partition coefficient (Wildman–Crippen LogP) is 10.2. The van der Waals surface area contributed by atoms with E-state index in [1.807, 2.05) is 0 Å². The molecule has 13 atom stereocenters. The Morgan fingerprint density at radius 1 is 0.855 bits per heavy atom. The van der Waals surface area contributed by atoms with Gasteiger partial charge in [0.05, 0.1) is 17.3 Å². The van der Waals surface area contributed by atoms with Gasteiger partial charge in [-0.25, -0.2) is 0 Å². The molecule has 1 heterocycles. The monoisotopic (exact) mass is 763 g/mol. The van der Waals surface area contributed by atoms with Crippen LogP contribution in [0.4, 0.5) is 0 Å². The van der Waals surface area contributed by atoms with Crippen molar-refractivity contribution in [1.29, 1.82) is 0 Å². The molecule has 0 aromatic carbocycles. The van der Waals surface area contributed by atoms with Crippen LogP contribution >= 0.6 is 0 Å². The average Bonchev–Trinajstić information content (AvgIpc) is 3.72. The topological polar surface area (TPSA) is 95.9 Å². The lowest BCUT2D eigenvalue weighted by Crippen LogP contribution is -2.67. The molecule has 0 radical (unpaired) electrons. The van der Waals surface area contributed by atoms with E-state index < -0.39 is 11.4 Å². The van der Waals surface area contributed by atoms with Crippen LogP contribution in [0.25, 0.3) is 0 Å². The number of carbonyl (C=O) groups is 3. The molecular weight excluding hydrogens is 685 g/mol. The zero-order valence-electron chi connectivity index (χ0n) is 36.4. The summed E-state index contributed by atoms with van der Waals surface area (Å²) >= 11 is 0. The molecule has 6 aliphatic carbocycles. The van der Waals surface area contributed by atoms with Crippen LogP contribution in [0.3, 0.4) is 0 Å². The number of carboxylic acids is 1. The first-order chi connectivity index (χ1) is 25.7. The Hall–Kier alpha value is -1.89. The van der Waals surface area contributed by atoms with Crippen LogP contribution in [0.5, 0.6) is 0 Å². The molecule has 7 heteroatoms. The van der Waals surface area contributed by atoms with E-state index in [4.69, 9.17) is 4.74 Å². The van der Waals surface area contributed by atoms with E-state index in [0.29, 0.717) is 53.5 Å². The summed E-state index contributed by atoms with van der Waals surface area (Å²) < 4.78 is 6.21. The molecule has 2 unspecified atom stereocenters. The molecule has 6 saturated carbocycles. The van der Waals surface area contributed by atoms with Crippen LogP contribution in [0.15, 0.2) is 12.2 Å². The van der Waals surface area contributed by atoms with Crippen molar-refractivity contribution >= 4 is 17.8 Å². The number of aliphatic carboxylic acids is 1. The Kier molecular flexibility index (Phi) is 10.8. The number of ether oxygens (including phenoxy) is 1. The highest BCUT2D eigenvalue weighted by Gasteiger charge is 2.72. The van der Waals surface area contributed by atoms with Gasteiger partial charge in [-0.3, -0.25) is 14.4 Å². The number of esters is 1. The van der Waals surface area contributed by atoms with Gasteiger partial charge in [-0.2, -0.15) is 0 Å². The largest absolute Gasteiger partial charge is 0.481 e. The Balaban J connectivity index is 1.08. The van der Waals surface area contributed by atoms with Gasteiger partial charge in [0.25, 0.3) is 0 Å². The van der Waals surface area contributed by atoms with Crippen molar-refractivity contribution in [2.24, 2.45) is 68.0 Å². The fourth-order valence-corrected chi connectivity index (χ4v) is 15.8. The molecular formula is C48H78N2O5. The fraction of sp³-hybridized carbons (Fsp3) is 0.896. The van der Waals surface area contributed by atoms with Crippen molar-refractivity contribution in [1.82, 2.24) is 10.2 Å². The highest BCUT2D eigenvalue weighted by molar-refractivity contribution is 5.84. The van der Waals surface area contributed by atoms with Crippen LogP contribution in [-0.2, 0) is 19.1 Å². The molecule has 7 fully saturated rings. The van der Waals surface area contributed by atoms with Crippen LogP contribution in [0.2, 0.25) is 0 Å². The second kappa shape index (κ2) is 14.4. The Bertz CT molecular complexity index is 1520. The lowest BCUT2D eigenvalue weighted by Gasteiger charge is -2.72. The number of nitrogens with one attached hydrogen (secondary N) is 1. The van der Waals surface area contributed by atoms with Crippen molar-refractivity contribution in [2.45, 2.75) is 190 Å². The molecule has 0 spiro atoms. The summed E-state index contributed by atoms with van der Waals surface area (Å²) in [6.07, 6.45) is 18.0. The number of allylic oxidation sites excluding steroid dienone is 1. The second-order valence-electron chi connectivity index (χ2n) is 22.7. The summed E-state index contributed by atoms with van der Waals surface area (Å²) in [5.41, 5.74) is 0.111. The first kappa shape index (κ1) is 41.3. The predicted molar refractivity (Wildman–Crippen MR) is 219 cm³/mol. The highest BCUT2D eigenvalue weighted by atomic mass is 16.5. The van der Waals surface area contributed by atoms with Crippen molar-refractivity contribution in [3.8, 4) is 0 Å². The third kappa shape index (κ3) is 6.67. The van der Waals surface area contributed by atoms with E-state index in [2.05, 4.69) is 65.3 Å². The summed E-state index contributed by atoms with van der Waals surface area (Å²) in [5.74, 6) is 2.00. The maximum absolute atomic E-state index is 14.9. The van der Waals surface area contributed by atoms with Gasteiger partial charge in [-0.05, 0) is 182 Å². The van der Waals surface area contributed by atoms with Gasteiger partial charge in [0.15, 0.2) is 0 Å². The third-order valence-electron chi connectivity index (χ3n) is 19.2. The molecule has 7 rings (SSSR count). The van der Waals surface area contributed by atoms with Crippen LogP contribution in [-0.4, -0.2) is 59.1 Å². The minimum Gasteiger partial charge on any atom is -0.481 e. The SMILES string of the molecule is C=C(C)[C@@H]1CC[C@]2(C(=O)N[C@@H]3CC[C@H](CN4CCCCC4C)C3)CC[C@]3(C)[C@H](CC[C@@H]4[C@@]5(C)CCC(OC(=O)CC(C)(C)C(=O)O)C(C)(C)[C@@H]5CC[C@]43C)[C@@H]12. The first-order valence-electron chi connectivity index (χ1n) is 22.8. The number of hydrogen-bond donors (Lipinski definition) is 2. The molecule has 0 aromatic heterocycles. The average molecular weight is 763 g/mol. The molecule has 0 bridgehead atoms. The Morgan fingerprint density at radius 3 is 2.29 bits per heavy atom. The number of piperidine rings is 1. The van der Waals surface area contributed by atoms with Crippen LogP contribution < -0.4 is 5.32 Å². The van der Waals surface area contributed by atoms with Crippen molar-refractivity contribution < 1.29 is 24.2 Å². The number of fused-ring (bicyclic) bond motifs is 7. The van der Waals surface area contributed by atoms with E-state index in [1.165, 1.54) is 63.6 Å². The lowest BCUT2D eigenvalue weighted by atomic mass is 9.32. The number of nitrogens with zero attached hydrogens (tertiary/aromatic N) is 1. The van der Waals surface area contributed by atoms with Gasteiger partial charge in [0, 0.05) is 24.0 Å². The van der Waals surface area contributed by atoms with Crippen LogP contribution in [0, 0.1) is 68.0 Å². The Labute approximate surface area is 334 Å². The zero-order chi connectivity index (χ0) is 39.9. The molecule has 2 N–H and O–H groups in total. The van der Waals surface area contributed by atoms with E-state index in [1.54, 1.807) is 13.8 Å². The zero-order valence-corrected chi connectivity index (χ0v) is 36.4. The third-order valence-corrected chi connectivity index (χ3v) is 19.2. The molecule has 7 aliphatic rings. The molecule has 310 valence electrons.